The molecule has 0 spiro atoms. The lowest BCUT2D eigenvalue weighted by Gasteiger charge is -2.35. The van der Waals surface area contributed by atoms with Crippen molar-refractivity contribution in [1.82, 2.24) is 20.4 Å². The largest absolute Gasteiger partial charge is 0.508 e. The zero-order chi connectivity index (χ0) is 32.6. The van der Waals surface area contributed by atoms with Crippen LogP contribution in [0.5, 0.6) is 5.75 Å². The summed E-state index contributed by atoms with van der Waals surface area (Å²) in [5, 5.41) is 16.1. The molecule has 4 amide bonds. The highest BCUT2D eigenvalue weighted by Gasteiger charge is 2.36. The second-order valence-corrected chi connectivity index (χ2v) is 12.6. The first-order valence-corrected chi connectivity index (χ1v) is 15.1. The van der Waals surface area contributed by atoms with Crippen molar-refractivity contribution < 1.29 is 28.7 Å². The van der Waals surface area contributed by atoms with Crippen molar-refractivity contribution in [2.75, 3.05) is 27.2 Å². The summed E-state index contributed by atoms with van der Waals surface area (Å²) >= 11 is 0. The lowest BCUT2D eigenvalue weighted by molar-refractivity contribution is -0.148. The Labute approximate surface area is 259 Å². The van der Waals surface area contributed by atoms with Crippen LogP contribution in [0.4, 0.5) is 4.39 Å². The standard InChI is InChI=1S/C33H46FN5O5/c1-33(2,3)24-18-22(11-14-28(24)40)20-27-30(42)37-17-15-29(41)36-16-7-6-8-26(32(44)39(27)5)38(4)31(43)25(35)19-21-9-12-23(34)13-10-21/h9-14,18,25-27,40H,6-8,15-17,19-20,35H2,1-5H3,(H,36,41)(H,37,42)/t25-,26-,27-/m0/s1. The molecule has 2 aromatic carbocycles. The van der Waals surface area contributed by atoms with E-state index in [4.69, 9.17) is 5.73 Å². The molecule has 0 aromatic heterocycles. The van der Waals surface area contributed by atoms with Crippen molar-refractivity contribution >= 4 is 23.6 Å². The van der Waals surface area contributed by atoms with Gasteiger partial charge in [-0.1, -0.05) is 45.0 Å². The number of benzene rings is 2. The second kappa shape index (κ2) is 15.1. The summed E-state index contributed by atoms with van der Waals surface area (Å²) in [7, 11) is 3.07. The van der Waals surface area contributed by atoms with Crippen LogP contribution in [-0.4, -0.2) is 83.8 Å². The van der Waals surface area contributed by atoms with Crippen LogP contribution in [0.3, 0.4) is 0 Å². The summed E-state index contributed by atoms with van der Waals surface area (Å²) in [6.07, 6.45) is 1.86. The van der Waals surface area contributed by atoms with E-state index in [0.29, 0.717) is 36.9 Å². The molecular weight excluding hydrogens is 565 g/mol. The predicted octanol–water partition coefficient (Wildman–Crippen LogP) is 2.40. The molecule has 2 aromatic rings. The first-order valence-electron chi connectivity index (χ1n) is 15.1. The SMILES string of the molecule is CN(C(=O)[C@@H](N)Cc1ccc(F)cc1)[C@H]1CCCCNC(=O)CCNC(=O)[C@H](Cc2ccc(O)c(C(C)(C)C)c2)N(C)C1=O. The maximum atomic E-state index is 14.1. The van der Waals surface area contributed by atoms with Gasteiger partial charge < -0.3 is 31.3 Å². The van der Waals surface area contributed by atoms with E-state index in [-0.39, 0.29) is 42.9 Å². The number of amides is 4. The molecule has 0 unspecified atom stereocenters. The summed E-state index contributed by atoms with van der Waals surface area (Å²) < 4.78 is 13.4. The minimum absolute atomic E-state index is 0.103. The van der Waals surface area contributed by atoms with Crippen LogP contribution >= 0.6 is 0 Å². The monoisotopic (exact) mass is 611 g/mol. The fourth-order valence-electron chi connectivity index (χ4n) is 5.38. The minimum atomic E-state index is -0.970. The molecule has 0 aliphatic carbocycles. The minimum Gasteiger partial charge on any atom is -0.508 e. The van der Waals surface area contributed by atoms with Gasteiger partial charge in [-0.15, -0.1) is 0 Å². The number of halogens is 1. The van der Waals surface area contributed by atoms with E-state index >= 15 is 0 Å². The molecule has 10 nitrogen and oxygen atoms in total. The Hall–Kier alpha value is -3.99. The van der Waals surface area contributed by atoms with Crippen LogP contribution in [0.2, 0.25) is 0 Å². The smallest absolute Gasteiger partial charge is 0.245 e. The van der Waals surface area contributed by atoms with Crippen molar-refractivity contribution in [2.24, 2.45) is 5.73 Å². The first kappa shape index (κ1) is 34.5. The number of carbonyl (C=O) groups excluding carboxylic acids is 4. The number of nitrogens with two attached hydrogens (primary N) is 1. The van der Waals surface area contributed by atoms with Gasteiger partial charge in [0.25, 0.3) is 0 Å². The summed E-state index contributed by atoms with van der Waals surface area (Å²) in [5.41, 5.74) is 8.05. The molecule has 1 heterocycles. The number of hydrogen-bond acceptors (Lipinski definition) is 6. The lowest BCUT2D eigenvalue weighted by atomic mass is 9.84. The van der Waals surface area contributed by atoms with Crippen molar-refractivity contribution in [1.29, 1.82) is 0 Å². The van der Waals surface area contributed by atoms with E-state index < -0.39 is 41.7 Å². The van der Waals surface area contributed by atoms with Gasteiger partial charge >= 0.3 is 0 Å². The zero-order valence-corrected chi connectivity index (χ0v) is 26.4. The number of hydrogen-bond donors (Lipinski definition) is 4. The molecule has 1 fully saturated rings. The maximum absolute atomic E-state index is 14.1. The van der Waals surface area contributed by atoms with Crippen LogP contribution in [0.25, 0.3) is 0 Å². The summed E-state index contributed by atoms with van der Waals surface area (Å²) in [4.78, 5) is 56.1. The Morgan fingerprint density at radius 2 is 1.73 bits per heavy atom. The van der Waals surface area contributed by atoms with Gasteiger partial charge in [-0.3, -0.25) is 19.2 Å². The number of nitrogens with one attached hydrogen (secondary N) is 2. The van der Waals surface area contributed by atoms with Gasteiger partial charge in [-0.2, -0.15) is 0 Å². The quantitative estimate of drug-likeness (QED) is 0.395. The van der Waals surface area contributed by atoms with Crippen LogP contribution in [-0.2, 0) is 37.4 Å². The van der Waals surface area contributed by atoms with E-state index in [0.717, 1.165) is 5.56 Å². The highest BCUT2D eigenvalue weighted by molar-refractivity contribution is 5.93. The molecule has 3 rings (SSSR count). The van der Waals surface area contributed by atoms with Gasteiger partial charge in [-0.25, -0.2) is 4.39 Å². The normalized spacial score (nSPS) is 19.9. The van der Waals surface area contributed by atoms with Gasteiger partial charge in [0.1, 0.15) is 23.7 Å². The van der Waals surface area contributed by atoms with Crippen molar-refractivity contribution in [3.05, 3.63) is 65.0 Å². The summed E-state index contributed by atoms with van der Waals surface area (Å²) in [5.74, 6) is -1.74. The lowest BCUT2D eigenvalue weighted by Crippen LogP contribution is -2.57. The van der Waals surface area contributed by atoms with Crippen molar-refractivity contribution in [3.63, 3.8) is 0 Å². The molecule has 3 atom stereocenters. The van der Waals surface area contributed by atoms with Gasteiger partial charge in [0.2, 0.25) is 23.6 Å². The predicted molar refractivity (Wildman–Crippen MR) is 166 cm³/mol. The van der Waals surface area contributed by atoms with Crippen LogP contribution in [0.15, 0.2) is 42.5 Å². The highest BCUT2D eigenvalue weighted by Crippen LogP contribution is 2.32. The van der Waals surface area contributed by atoms with Gasteiger partial charge in [-0.05, 0) is 66.0 Å². The average Bonchev–Trinajstić information content (AvgIpc) is 2.97. The summed E-state index contributed by atoms with van der Waals surface area (Å²) in [6.45, 7) is 6.42. The number of phenols is 1. The average molecular weight is 612 g/mol. The number of carbonyl (C=O) groups is 4. The number of nitrogens with zero attached hydrogens (tertiary/aromatic N) is 2. The molecule has 44 heavy (non-hydrogen) atoms. The van der Waals surface area contributed by atoms with Crippen molar-refractivity contribution in [3.8, 4) is 5.75 Å². The fourth-order valence-corrected chi connectivity index (χ4v) is 5.38. The Kier molecular flexibility index (Phi) is 11.9. The van der Waals surface area contributed by atoms with Gasteiger partial charge in [0.15, 0.2) is 0 Å². The number of rotatable bonds is 6. The fraction of sp³-hybridized carbons (Fsp3) is 0.515. The highest BCUT2D eigenvalue weighted by atomic mass is 19.1. The third-order valence-electron chi connectivity index (χ3n) is 8.08. The van der Waals surface area contributed by atoms with Gasteiger partial charge in [0.05, 0.1) is 6.04 Å². The van der Waals surface area contributed by atoms with E-state index in [1.807, 2.05) is 26.8 Å². The molecule has 0 saturated carbocycles. The van der Waals surface area contributed by atoms with E-state index in [1.54, 1.807) is 31.3 Å². The van der Waals surface area contributed by atoms with Crippen LogP contribution in [0.1, 0.15) is 63.1 Å². The topological polar surface area (TPSA) is 145 Å². The molecule has 5 N–H and O–H groups in total. The number of likely N-dealkylation sites (N-methyl/N-ethyl adjacent to an activating group) is 2. The van der Waals surface area contributed by atoms with E-state index in [2.05, 4.69) is 10.6 Å². The zero-order valence-electron chi connectivity index (χ0n) is 26.4. The van der Waals surface area contributed by atoms with Crippen LogP contribution < -0.4 is 16.4 Å². The molecule has 0 bridgehead atoms. The second-order valence-electron chi connectivity index (χ2n) is 12.6. The summed E-state index contributed by atoms with van der Waals surface area (Å²) in [6, 6.07) is 8.03. The molecular formula is C33H46FN5O5. The molecule has 240 valence electrons. The Morgan fingerprint density at radius 1 is 1.07 bits per heavy atom. The molecule has 1 aliphatic heterocycles. The van der Waals surface area contributed by atoms with E-state index in [1.165, 1.54) is 29.0 Å². The Balaban J connectivity index is 1.91. The van der Waals surface area contributed by atoms with Crippen molar-refractivity contribution in [2.45, 2.75) is 82.8 Å². The van der Waals surface area contributed by atoms with Crippen LogP contribution in [0, 0.1) is 5.82 Å². The van der Waals surface area contributed by atoms with E-state index in [9.17, 15) is 28.7 Å². The first-order chi connectivity index (χ1) is 20.7. The molecule has 1 saturated heterocycles. The number of aromatic hydroxyl groups is 1. The third-order valence-corrected chi connectivity index (χ3v) is 8.08. The Bertz CT molecular complexity index is 1330. The molecule has 11 heteroatoms. The molecule has 0 radical (unpaired) electrons. The van der Waals surface area contributed by atoms with Gasteiger partial charge in [0, 0.05) is 40.0 Å². The number of phenolic OH excluding ortho intramolecular Hbond substituents is 1. The Morgan fingerprint density at radius 3 is 2.39 bits per heavy atom. The molecule has 1 aliphatic rings. The third kappa shape index (κ3) is 9.25. The maximum Gasteiger partial charge on any atom is 0.245 e.